The molecule has 0 unspecified atom stereocenters. The van der Waals surface area contributed by atoms with Gasteiger partial charge in [-0.3, -0.25) is 15.0 Å². The standard InChI is InChI=1S/C21H19ClN6OS/c22-13-6-4-12(5-7-13)10-28-9-8-15-17(11-28)30-21(25-15)27-19(29)14-2-1-3-16-18(14)26-20(23)24-16/h1-7H,8-11H2,(H3,23,24,26)(H,25,27,29). The number of nitrogen functional groups attached to an aromatic ring is 1. The molecule has 3 heterocycles. The van der Waals surface area contributed by atoms with E-state index in [1.165, 1.54) is 21.8 Å². The van der Waals surface area contributed by atoms with E-state index in [-0.39, 0.29) is 11.9 Å². The van der Waals surface area contributed by atoms with Crippen LogP contribution in [0.1, 0.15) is 26.5 Å². The van der Waals surface area contributed by atoms with Gasteiger partial charge in [0, 0.05) is 36.0 Å². The maximum Gasteiger partial charge on any atom is 0.259 e. The van der Waals surface area contributed by atoms with Crippen LogP contribution in [0.2, 0.25) is 5.02 Å². The van der Waals surface area contributed by atoms with Crippen molar-refractivity contribution in [3.63, 3.8) is 0 Å². The molecule has 1 aliphatic rings. The van der Waals surface area contributed by atoms with Crippen LogP contribution in [0.4, 0.5) is 11.1 Å². The number of thiazole rings is 1. The summed E-state index contributed by atoms with van der Waals surface area (Å²) in [6.45, 7) is 2.61. The Hall–Kier alpha value is -2.94. The first-order chi connectivity index (χ1) is 14.5. The largest absolute Gasteiger partial charge is 0.369 e. The lowest BCUT2D eigenvalue weighted by molar-refractivity contribution is 0.102. The number of hydrogen-bond donors (Lipinski definition) is 3. The number of para-hydroxylation sites is 1. The first-order valence-electron chi connectivity index (χ1n) is 9.56. The maximum absolute atomic E-state index is 12.8. The topological polar surface area (TPSA) is 99.9 Å². The zero-order valence-electron chi connectivity index (χ0n) is 16.0. The normalized spacial score (nSPS) is 14.0. The number of anilines is 2. The van der Waals surface area contributed by atoms with Crippen molar-refractivity contribution < 1.29 is 4.79 Å². The van der Waals surface area contributed by atoms with Gasteiger partial charge in [-0.1, -0.05) is 29.8 Å². The number of benzene rings is 2. The highest BCUT2D eigenvalue weighted by Crippen LogP contribution is 2.30. The molecule has 5 rings (SSSR count). The van der Waals surface area contributed by atoms with Crippen LogP contribution in [0.5, 0.6) is 0 Å². The molecular weight excluding hydrogens is 420 g/mol. The first kappa shape index (κ1) is 19.0. The van der Waals surface area contributed by atoms with Gasteiger partial charge in [-0.15, -0.1) is 11.3 Å². The summed E-state index contributed by atoms with van der Waals surface area (Å²) in [6.07, 6.45) is 0.862. The molecular formula is C21H19ClN6OS. The fourth-order valence-electron chi connectivity index (χ4n) is 3.68. The van der Waals surface area contributed by atoms with Crippen molar-refractivity contribution in [2.45, 2.75) is 19.5 Å². The fourth-order valence-corrected chi connectivity index (χ4v) is 4.86. The number of nitrogens with two attached hydrogens (primary N) is 1. The third-order valence-electron chi connectivity index (χ3n) is 5.13. The molecule has 0 spiro atoms. The Kier molecular flexibility index (Phi) is 4.90. The van der Waals surface area contributed by atoms with Crippen molar-refractivity contribution in [2.75, 3.05) is 17.6 Å². The number of rotatable bonds is 4. The Balaban J connectivity index is 1.30. The smallest absolute Gasteiger partial charge is 0.259 e. The van der Waals surface area contributed by atoms with Crippen molar-refractivity contribution in [1.29, 1.82) is 0 Å². The SMILES string of the molecule is Nc1nc2c(C(=O)Nc3nc4c(s3)CN(Cc3ccc(Cl)cc3)CC4)cccc2[nH]1. The molecule has 4 aromatic rings. The van der Waals surface area contributed by atoms with Gasteiger partial charge in [0.2, 0.25) is 0 Å². The second-order valence-electron chi connectivity index (χ2n) is 7.25. The lowest BCUT2D eigenvalue weighted by atomic mass is 10.1. The van der Waals surface area contributed by atoms with Gasteiger partial charge in [-0.05, 0) is 29.8 Å². The average Bonchev–Trinajstić information content (AvgIpc) is 3.30. The number of carbonyl (C=O) groups excluding carboxylic acids is 1. The van der Waals surface area contributed by atoms with E-state index < -0.39 is 0 Å². The highest BCUT2D eigenvalue weighted by atomic mass is 35.5. The van der Waals surface area contributed by atoms with Crippen LogP contribution in [-0.2, 0) is 19.5 Å². The van der Waals surface area contributed by atoms with Crippen LogP contribution in [-0.4, -0.2) is 32.3 Å². The fraction of sp³-hybridized carbons (Fsp3) is 0.190. The summed E-state index contributed by atoms with van der Waals surface area (Å²) >= 11 is 7.50. The Morgan fingerprint density at radius 3 is 2.90 bits per heavy atom. The molecule has 2 aromatic heterocycles. The Labute approximate surface area is 181 Å². The molecule has 0 bridgehead atoms. The molecule has 1 aliphatic heterocycles. The lowest BCUT2D eigenvalue weighted by Crippen LogP contribution is -2.29. The van der Waals surface area contributed by atoms with Crippen molar-refractivity contribution in [3.8, 4) is 0 Å². The van der Waals surface area contributed by atoms with Gasteiger partial charge >= 0.3 is 0 Å². The molecule has 2 aromatic carbocycles. The first-order valence-corrected chi connectivity index (χ1v) is 10.8. The van der Waals surface area contributed by atoms with E-state index in [2.05, 4.69) is 37.3 Å². The van der Waals surface area contributed by atoms with Gasteiger partial charge in [0.1, 0.15) is 5.52 Å². The van der Waals surface area contributed by atoms with Gasteiger partial charge in [0.15, 0.2) is 11.1 Å². The van der Waals surface area contributed by atoms with Crippen LogP contribution in [0.25, 0.3) is 11.0 Å². The van der Waals surface area contributed by atoms with E-state index in [9.17, 15) is 4.79 Å². The molecule has 0 atom stereocenters. The molecule has 0 aliphatic carbocycles. The number of nitrogens with zero attached hydrogens (tertiary/aromatic N) is 3. The third-order valence-corrected chi connectivity index (χ3v) is 6.38. The second kappa shape index (κ2) is 7.71. The number of halogens is 1. The van der Waals surface area contributed by atoms with Gasteiger partial charge in [-0.25, -0.2) is 9.97 Å². The summed E-state index contributed by atoms with van der Waals surface area (Å²) in [5.74, 6) is 0.0481. The Morgan fingerprint density at radius 2 is 2.07 bits per heavy atom. The number of carbonyl (C=O) groups is 1. The van der Waals surface area contributed by atoms with Crippen molar-refractivity contribution in [3.05, 3.63) is 69.2 Å². The number of nitrogens with one attached hydrogen (secondary N) is 2. The van der Waals surface area contributed by atoms with E-state index >= 15 is 0 Å². The van der Waals surface area contributed by atoms with Crippen LogP contribution in [0.15, 0.2) is 42.5 Å². The summed E-state index contributed by atoms with van der Waals surface area (Å²) in [5, 5.41) is 4.28. The van der Waals surface area contributed by atoms with Gasteiger partial charge in [-0.2, -0.15) is 0 Å². The predicted molar refractivity (Wildman–Crippen MR) is 120 cm³/mol. The predicted octanol–water partition coefficient (Wildman–Crippen LogP) is 4.07. The third kappa shape index (κ3) is 3.77. The summed E-state index contributed by atoms with van der Waals surface area (Å²) in [5.41, 5.74) is 9.78. The number of fused-ring (bicyclic) bond motifs is 2. The quantitative estimate of drug-likeness (QED) is 0.446. The molecule has 7 nitrogen and oxygen atoms in total. The number of imidazole rings is 1. The molecule has 0 saturated heterocycles. The minimum Gasteiger partial charge on any atom is -0.369 e. The highest BCUT2D eigenvalue weighted by molar-refractivity contribution is 7.15. The number of aromatic amines is 1. The zero-order chi connectivity index (χ0) is 20.7. The number of hydrogen-bond acceptors (Lipinski definition) is 6. The average molecular weight is 439 g/mol. The number of amides is 1. The maximum atomic E-state index is 12.8. The van der Waals surface area contributed by atoms with E-state index in [0.29, 0.717) is 16.2 Å². The molecule has 0 fully saturated rings. The number of H-pyrrole nitrogens is 1. The lowest BCUT2D eigenvalue weighted by Gasteiger charge is -2.25. The summed E-state index contributed by atoms with van der Waals surface area (Å²) < 4.78 is 0. The van der Waals surface area contributed by atoms with Crippen LogP contribution in [0.3, 0.4) is 0 Å². The second-order valence-corrected chi connectivity index (χ2v) is 8.77. The summed E-state index contributed by atoms with van der Waals surface area (Å²) in [6, 6.07) is 13.3. The van der Waals surface area contributed by atoms with Gasteiger partial charge < -0.3 is 10.7 Å². The Morgan fingerprint density at radius 1 is 1.23 bits per heavy atom. The molecule has 152 valence electrons. The highest BCUT2D eigenvalue weighted by Gasteiger charge is 2.22. The van der Waals surface area contributed by atoms with Crippen molar-refractivity contribution >= 4 is 51.0 Å². The molecule has 1 amide bonds. The van der Waals surface area contributed by atoms with E-state index in [4.69, 9.17) is 17.3 Å². The van der Waals surface area contributed by atoms with E-state index in [1.807, 2.05) is 18.2 Å². The molecule has 30 heavy (non-hydrogen) atoms. The van der Waals surface area contributed by atoms with Crippen LogP contribution < -0.4 is 11.1 Å². The van der Waals surface area contributed by atoms with Crippen molar-refractivity contribution in [1.82, 2.24) is 19.9 Å². The Bertz CT molecular complexity index is 1230. The molecule has 9 heteroatoms. The summed E-state index contributed by atoms with van der Waals surface area (Å²) in [4.78, 5) is 28.2. The molecule has 4 N–H and O–H groups in total. The van der Waals surface area contributed by atoms with Gasteiger partial charge in [0.25, 0.3) is 5.91 Å². The zero-order valence-corrected chi connectivity index (χ0v) is 17.6. The summed E-state index contributed by atoms with van der Waals surface area (Å²) in [7, 11) is 0. The molecule has 0 radical (unpaired) electrons. The van der Waals surface area contributed by atoms with Crippen molar-refractivity contribution in [2.24, 2.45) is 0 Å². The minimum atomic E-state index is -0.240. The number of aromatic nitrogens is 3. The van der Waals surface area contributed by atoms with Gasteiger partial charge in [0.05, 0.1) is 16.8 Å². The van der Waals surface area contributed by atoms with Crippen LogP contribution in [0, 0.1) is 0 Å². The monoisotopic (exact) mass is 438 g/mol. The molecule has 0 saturated carbocycles. The van der Waals surface area contributed by atoms with Crippen LogP contribution >= 0.6 is 22.9 Å². The minimum absolute atomic E-state index is 0.240. The van der Waals surface area contributed by atoms with E-state index in [0.717, 1.165) is 42.3 Å². The van der Waals surface area contributed by atoms with E-state index in [1.54, 1.807) is 12.1 Å².